The van der Waals surface area contributed by atoms with E-state index in [1.807, 2.05) is 51.1 Å². The highest BCUT2D eigenvalue weighted by molar-refractivity contribution is 7.54. The number of nitrogens with zero attached hydrogens (tertiary/aromatic N) is 1. The maximum atomic E-state index is 12.9. The predicted molar refractivity (Wildman–Crippen MR) is 106 cm³/mol. The maximum absolute atomic E-state index is 12.9. The summed E-state index contributed by atoms with van der Waals surface area (Å²) in [5.74, 6) is -0.265. The topological polar surface area (TPSA) is 82.1 Å². The molecule has 0 N–H and O–H groups in total. The number of carbonyl (C=O) groups excluding carboxylic acids is 2. The van der Waals surface area contributed by atoms with Crippen LogP contribution in [0.1, 0.15) is 51.6 Å². The van der Waals surface area contributed by atoms with Crippen LogP contribution < -0.4 is 0 Å². The Kier molecular flexibility index (Phi) is 7.43. The van der Waals surface area contributed by atoms with Gasteiger partial charge in [-0.15, -0.1) is 0 Å². The van der Waals surface area contributed by atoms with Crippen molar-refractivity contribution in [2.45, 2.75) is 57.7 Å². The molecule has 1 aliphatic rings. The first-order valence-electron chi connectivity index (χ1n) is 9.37. The summed E-state index contributed by atoms with van der Waals surface area (Å²) in [5.41, 5.74) is 0.361. The average molecular weight is 411 g/mol. The van der Waals surface area contributed by atoms with E-state index in [0.29, 0.717) is 6.42 Å². The van der Waals surface area contributed by atoms with Crippen molar-refractivity contribution in [1.82, 2.24) is 4.90 Å². The van der Waals surface area contributed by atoms with Crippen molar-refractivity contribution in [1.29, 1.82) is 0 Å². The van der Waals surface area contributed by atoms with Crippen LogP contribution in [0.15, 0.2) is 30.3 Å². The van der Waals surface area contributed by atoms with E-state index in [-0.39, 0.29) is 30.4 Å². The summed E-state index contributed by atoms with van der Waals surface area (Å²) in [4.78, 5) is 27.1. The highest BCUT2D eigenvalue weighted by Crippen LogP contribution is 2.47. The fourth-order valence-corrected chi connectivity index (χ4v) is 4.39. The monoisotopic (exact) mass is 411 g/mol. The van der Waals surface area contributed by atoms with Crippen LogP contribution in [0.25, 0.3) is 0 Å². The lowest BCUT2D eigenvalue weighted by atomic mass is 10.0. The Balaban J connectivity index is 2.21. The molecule has 2 atom stereocenters. The van der Waals surface area contributed by atoms with Crippen LogP contribution in [0.4, 0.5) is 4.79 Å². The number of ether oxygens (including phenoxy) is 1. The van der Waals surface area contributed by atoms with E-state index in [1.54, 1.807) is 4.90 Å². The zero-order valence-corrected chi connectivity index (χ0v) is 18.1. The molecule has 0 bridgehead atoms. The Morgan fingerprint density at radius 2 is 1.71 bits per heavy atom. The van der Waals surface area contributed by atoms with E-state index in [4.69, 9.17) is 13.8 Å². The fraction of sp³-hybridized carbons (Fsp3) is 0.600. The first-order valence-corrected chi connectivity index (χ1v) is 11.1. The van der Waals surface area contributed by atoms with Crippen molar-refractivity contribution in [3.8, 4) is 0 Å². The van der Waals surface area contributed by atoms with Crippen LogP contribution in [0, 0.1) is 0 Å². The van der Waals surface area contributed by atoms with Crippen LogP contribution >= 0.6 is 7.60 Å². The molecule has 156 valence electrons. The van der Waals surface area contributed by atoms with Gasteiger partial charge in [0, 0.05) is 26.7 Å². The number of benzene rings is 1. The Morgan fingerprint density at radius 3 is 2.25 bits per heavy atom. The van der Waals surface area contributed by atoms with Crippen LogP contribution in [-0.2, 0) is 23.1 Å². The molecule has 8 heteroatoms. The van der Waals surface area contributed by atoms with Crippen LogP contribution in [0.3, 0.4) is 0 Å². The van der Waals surface area contributed by atoms with Gasteiger partial charge in [-0.25, -0.2) is 4.79 Å². The molecule has 1 amide bonds. The summed E-state index contributed by atoms with van der Waals surface area (Å²) in [6, 6.07) is 9.22. The van der Waals surface area contributed by atoms with E-state index in [0.717, 1.165) is 12.0 Å². The standard InChI is InChI=1S/C20H30NO6P/c1-20(2,3)27-19(23)21-16(13-17(22)14-28(24,25-4)26-5)11-12-18(21)15-9-7-6-8-10-15/h6-10,16,18H,11-14H2,1-5H3/t16?,18-/m1/s1. The molecule has 1 fully saturated rings. The van der Waals surface area contributed by atoms with Gasteiger partial charge in [0.15, 0.2) is 0 Å². The first kappa shape index (κ1) is 22.6. The van der Waals surface area contributed by atoms with E-state index in [1.165, 1.54) is 14.2 Å². The van der Waals surface area contributed by atoms with Crippen molar-refractivity contribution in [2.24, 2.45) is 0 Å². The summed E-state index contributed by atoms with van der Waals surface area (Å²) < 4.78 is 27.6. The summed E-state index contributed by atoms with van der Waals surface area (Å²) in [7, 11) is -0.918. The van der Waals surface area contributed by atoms with Gasteiger partial charge < -0.3 is 13.8 Å². The van der Waals surface area contributed by atoms with Gasteiger partial charge in [-0.3, -0.25) is 14.3 Å². The van der Waals surface area contributed by atoms with Gasteiger partial charge in [0.2, 0.25) is 0 Å². The Hall–Kier alpha value is -1.69. The van der Waals surface area contributed by atoms with E-state index < -0.39 is 19.3 Å². The number of hydrogen-bond acceptors (Lipinski definition) is 6. The minimum atomic E-state index is -3.43. The fourth-order valence-electron chi connectivity index (χ4n) is 3.42. The molecular formula is C20H30NO6P. The second kappa shape index (κ2) is 9.21. The number of likely N-dealkylation sites (tertiary alicyclic amines) is 1. The zero-order valence-electron chi connectivity index (χ0n) is 17.2. The summed E-state index contributed by atoms with van der Waals surface area (Å²) in [6.45, 7) is 5.43. The molecule has 0 radical (unpaired) electrons. The lowest BCUT2D eigenvalue weighted by molar-refractivity contribution is -0.117. The Morgan fingerprint density at radius 1 is 1.11 bits per heavy atom. The smallest absolute Gasteiger partial charge is 0.411 e. The molecule has 2 rings (SSSR count). The molecule has 0 aliphatic carbocycles. The zero-order chi connectivity index (χ0) is 20.9. The molecule has 0 aromatic heterocycles. The van der Waals surface area contributed by atoms with E-state index in [2.05, 4.69) is 0 Å². The van der Waals surface area contributed by atoms with Gasteiger partial charge >= 0.3 is 13.7 Å². The van der Waals surface area contributed by atoms with E-state index in [9.17, 15) is 14.2 Å². The number of ketones is 1. The summed E-state index contributed by atoms with van der Waals surface area (Å²) in [5, 5.41) is 0. The lowest BCUT2D eigenvalue weighted by Gasteiger charge is -2.32. The number of amides is 1. The van der Waals surface area contributed by atoms with Crippen LogP contribution in [-0.4, -0.2) is 48.8 Å². The molecule has 1 heterocycles. The van der Waals surface area contributed by atoms with E-state index >= 15 is 0 Å². The summed E-state index contributed by atoms with van der Waals surface area (Å²) in [6.07, 6.45) is 0.717. The van der Waals surface area contributed by atoms with Crippen LogP contribution in [0.5, 0.6) is 0 Å². The molecule has 7 nitrogen and oxygen atoms in total. The molecular weight excluding hydrogens is 381 g/mol. The van der Waals surface area contributed by atoms with Gasteiger partial charge in [-0.05, 0) is 39.2 Å². The second-order valence-corrected chi connectivity index (χ2v) is 10.2. The quantitative estimate of drug-likeness (QED) is 0.611. The third-order valence-corrected chi connectivity index (χ3v) is 6.53. The van der Waals surface area contributed by atoms with Gasteiger partial charge in [-0.1, -0.05) is 30.3 Å². The molecule has 1 saturated heterocycles. The average Bonchev–Trinajstić information content (AvgIpc) is 3.04. The molecule has 0 spiro atoms. The second-order valence-electron chi connectivity index (χ2n) is 7.92. The minimum Gasteiger partial charge on any atom is -0.444 e. The highest BCUT2D eigenvalue weighted by atomic mass is 31.2. The first-order chi connectivity index (χ1) is 13.1. The highest BCUT2D eigenvalue weighted by Gasteiger charge is 2.41. The van der Waals surface area contributed by atoms with Gasteiger partial charge in [0.1, 0.15) is 17.5 Å². The third kappa shape index (κ3) is 5.90. The predicted octanol–water partition coefficient (Wildman–Crippen LogP) is 4.57. The lowest BCUT2D eigenvalue weighted by Crippen LogP contribution is -2.42. The molecule has 28 heavy (non-hydrogen) atoms. The largest absolute Gasteiger partial charge is 0.444 e. The third-order valence-electron chi connectivity index (χ3n) is 4.68. The van der Waals surface area contributed by atoms with Crippen molar-refractivity contribution < 1.29 is 27.9 Å². The minimum absolute atomic E-state index is 0.0826. The maximum Gasteiger partial charge on any atom is 0.411 e. The molecule has 0 saturated carbocycles. The number of rotatable bonds is 7. The van der Waals surface area contributed by atoms with Crippen molar-refractivity contribution >= 4 is 19.5 Å². The molecule has 1 aromatic rings. The van der Waals surface area contributed by atoms with Crippen molar-refractivity contribution in [3.63, 3.8) is 0 Å². The van der Waals surface area contributed by atoms with Crippen molar-refractivity contribution in [2.75, 3.05) is 20.4 Å². The normalized spacial score (nSPS) is 20.2. The van der Waals surface area contributed by atoms with Crippen LogP contribution in [0.2, 0.25) is 0 Å². The van der Waals surface area contributed by atoms with Gasteiger partial charge in [-0.2, -0.15) is 0 Å². The number of carbonyl (C=O) groups is 2. The molecule has 1 unspecified atom stereocenters. The Bertz CT molecular complexity index is 722. The van der Waals surface area contributed by atoms with Gasteiger partial charge in [0.05, 0.1) is 6.04 Å². The number of Topliss-reactive ketones (excluding diaryl/α,β-unsaturated/α-hetero) is 1. The van der Waals surface area contributed by atoms with Gasteiger partial charge in [0.25, 0.3) is 0 Å². The van der Waals surface area contributed by atoms with Crippen molar-refractivity contribution in [3.05, 3.63) is 35.9 Å². The SMILES string of the molecule is COP(=O)(CC(=O)CC1CC[C@H](c2ccccc2)N1C(=O)OC(C)(C)C)OC. The summed E-state index contributed by atoms with van der Waals surface area (Å²) >= 11 is 0. The molecule has 1 aromatic carbocycles. The molecule has 1 aliphatic heterocycles. The number of hydrogen-bond donors (Lipinski definition) is 0. The Labute approximate surface area is 166 Å².